The Morgan fingerprint density at radius 2 is 1.87 bits per heavy atom. The molecular formula is C21H16F4N2O2S. The minimum atomic E-state index is -1.10. The number of carboxylic acids is 1. The topological polar surface area (TPSA) is 55.1 Å². The third-order valence-corrected chi connectivity index (χ3v) is 6.30. The van der Waals surface area contributed by atoms with Crippen molar-refractivity contribution in [3.05, 3.63) is 52.5 Å². The van der Waals surface area contributed by atoms with Gasteiger partial charge in [-0.05, 0) is 36.8 Å². The first-order valence-electron chi connectivity index (χ1n) is 9.02. The normalized spacial score (nSPS) is 11.6. The van der Waals surface area contributed by atoms with Crippen molar-refractivity contribution in [3.63, 3.8) is 0 Å². The minimum absolute atomic E-state index is 0.0570. The Labute approximate surface area is 172 Å². The second-order valence-electron chi connectivity index (χ2n) is 6.87. The summed E-state index contributed by atoms with van der Waals surface area (Å²) in [6.07, 6.45) is 0. The lowest BCUT2D eigenvalue weighted by Gasteiger charge is -2.06. The molecule has 4 aromatic rings. The van der Waals surface area contributed by atoms with Gasteiger partial charge in [0.05, 0.1) is 15.7 Å². The average molecular weight is 436 g/mol. The van der Waals surface area contributed by atoms with Crippen molar-refractivity contribution in [2.24, 2.45) is 0 Å². The van der Waals surface area contributed by atoms with Crippen molar-refractivity contribution in [1.82, 2.24) is 9.55 Å². The zero-order valence-corrected chi connectivity index (χ0v) is 16.6. The highest BCUT2D eigenvalue weighted by Crippen LogP contribution is 2.41. The lowest BCUT2D eigenvalue weighted by Crippen LogP contribution is -2.10. The molecule has 0 saturated carbocycles. The Kier molecular flexibility index (Phi) is 5.23. The highest BCUT2D eigenvalue weighted by atomic mass is 32.1. The molecule has 0 fully saturated rings. The van der Waals surface area contributed by atoms with E-state index in [-0.39, 0.29) is 28.8 Å². The molecule has 156 valence electrons. The molecule has 1 N–H and O–H groups in total. The van der Waals surface area contributed by atoms with Crippen molar-refractivity contribution in [2.45, 2.75) is 33.5 Å². The van der Waals surface area contributed by atoms with E-state index in [1.54, 1.807) is 6.92 Å². The van der Waals surface area contributed by atoms with Crippen LogP contribution in [0.5, 0.6) is 0 Å². The van der Waals surface area contributed by atoms with E-state index in [0.29, 0.717) is 31.9 Å². The summed E-state index contributed by atoms with van der Waals surface area (Å²) in [7, 11) is 0. The molecule has 9 heteroatoms. The number of rotatable bonds is 6. The van der Waals surface area contributed by atoms with E-state index >= 15 is 0 Å². The van der Waals surface area contributed by atoms with Crippen molar-refractivity contribution >= 4 is 38.4 Å². The Bertz CT molecular complexity index is 1300. The number of halogens is 4. The summed E-state index contributed by atoms with van der Waals surface area (Å²) in [5, 5.41) is 10.2. The average Bonchev–Trinajstić information content (AvgIpc) is 3.26. The number of thiazole rings is 1. The molecule has 0 unspecified atom stereocenters. The fourth-order valence-electron chi connectivity index (χ4n) is 3.79. The minimum Gasteiger partial charge on any atom is -0.480 e. The van der Waals surface area contributed by atoms with Gasteiger partial charge in [-0.3, -0.25) is 4.79 Å². The molecule has 0 aliphatic heterocycles. The summed E-state index contributed by atoms with van der Waals surface area (Å²) in [6.45, 7) is -1.44. The van der Waals surface area contributed by atoms with E-state index in [2.05, 4.69) is 4.98 Å². The number of alkyl halides is 3. The van der Waals surface area contributed by atoms with Crippen molar-refractivity contribution in [2.75, 3.05) is 0 Å². The van der Waals surface area contributed by atoms with E-state index in [1.807, 2.05) is 0 Å². The Morgan fingerprint density at radius 1 is 1.13 bits per heavy atom. The van der Waals surface area contributed by atoms with Gasteiger partial charge in [0.25, 0.3) is 0 Å². The van der Waals surface area contributed by atoms with Crippen molar-refractivity contribution in [1.29, 1.82) is 0 Å². The van der Waals surface area contributed by atoms with Gasteiger partial charge in [0.15, 0.2) is 0 Å². The van der Waals surface area contributed by atoms with E-state index in [4.69, 9.17) is 0 Å². The summed E-state index contributed by atoms with van der Waals surface area (Å²) in [6, 6.07) is 5.33. The molecule has 4 rings (SSSR count). The fourth-order valence-corrected chi connectivity index (χ4v) is 4.99. The number of nitrogens with zero attached hydrogens (tertiary/aromatic N) is 2. The fraction of sp³-hybridized carbons (Fsp3) is 0.238. The number of hydrogen-bond acceptors (Lipinski definition) is 3. The molecule has 2 aromatic carbocycles. The van der Waals surface area contributed by atoms with Crippen LogP contribution in [-0.4, -0.2) is 20.6 Å². The largest absolute Gasteiger partial charge is 0.480 e. The highest BCUT2D eigenvalue weighted by molar-refractivity contribution is 7.22. The SMILES string of the molecule is Cc1c(-c2nc3c(CF)c(CF)cc(CF)c3s2)c2ccc(F)cc2n1CC(=O)O. The van der Waals surface area contributed by atoms with Crippen molar-refractivity contribution in [3.8, 4) is 10.6 Å². The molecule has 30 heavy (non-hydrogen) atoms. The van der Waals surface area contributed by atoms with E-state index in [9.17, 15) is 27.5 Å². The number of aliphatic carboxylic acids is 1. The van der Waals surface area contributed by atoms with E-state index in [1.165, 1.54) is 28.8 Å². The zero-order valence-electron chi connectivity index (χ0n) is 15.8. The second-order valence-corrected chi connectivity index (χ2v) is 7.87. The molecule has 0 radical (unpaired) electrons. The second kappa shape index (κ2) is 7.71. The van der Waals surface area contributed by atoms with E-state index < -0.39 is 31.8 Å². The van der Waals surface area contributed by atoms with Crippen LogP contribution in [0.1, 0.15) is 22.4 Å². The molecule has 0 atom stereocenters. The smallest absolute Gasteiger partial charge is 0.323 e. The van der Waals surface area contributed by atoms with Crippen LogP contribution in [0.2, 0.25) is 0 Å². The number of benzene rings is 2. The molecule has 2 aromatic heterocycles. The lowest BCUT2D eigenvalue weighted by atomic mass is 10.0. The van der Waals surface area contributed by atoms with E-state index in [0.717, 1.165) is 11.3 Å². The number of fused-ring (bicyclic) bond motifs is 2. The molecule has 0 bridgehead atoms. The van der Waals surface area contributed by atoms with Gasteiger partial charge >= 0.3 is 5.97 Å². The van der Waals surface area contributed by atoms with Crippen LogP contribution in [-0.2, 0) is 31.4 Å². The number of carboxylic acid groups (broad SMARTS) is 1. The summed E-state index contributed by atoms with van der Waals surface area (Å²) in [5.74, 6) is -1.61. The predicted molar refractivity (Wildman–Crippen MR) is 107 cm³/mol. The maximum Gasteiger partial charge on any atom is 0.323 e. The Morgan fingerprint density at radius 3 is 2.50 bits per heavy atom. The van der Waals surface area contributed by atoms with Gasteiger partial charge in [-0.25, -0.2) is 22.5 Å². The molecule has 0 saturated heterocycles. The molecule has 0 aliphatic carbocycles. The number of aromatic nitrogens is 2. The maximum atomic E-state index is 13.9. The third kappa shape index (κ3) is 3.13. The molecule has 4 nitrogen and oxygen atoms in total. The van der Waals surface area contributed by atoms with Gasteiger partial charge in [-0.1, -0.05) is 0 Å². The number of hydrogen-bond donors (Lipinski definition) is 1. The predicted octanol–water partition coefficient (Wildman–Crippen LogP) is 5.86. The summed E-state index contributed by atoms with van der Waals surface area (Å²) < 4.78 is 56.4. The van der Waals surface area contributed by atoms with Gasteiger partial charge < -0.3 is 9.67 Å². The van der Waals surface area contributed by atoms with Crippen molar-refractivity contribution < 1.29 is 27.5 Å². The van der Waals surface area contributed by atoms with Gasteiger partial charge in [-0.15, -0.1) is 11.3 Å². The molecule has 2 heterocycles. The van der Waals surface area contributed by atoms with Crippen LogP contribution in [0.25, 0.3) is 31.7 Å². The first kappa shape index (κ1) is 20.3. The summed E-state index contributed by atoms with van der Waals surface area (Å²) in [5.41, 5.74) is 2.02. The molecule has 0 spiro atoms. The molecule has 0 aliphatic rings. The number of carbonyl (C=O) groups is 1. The summed E-state index contributed by atoms with van der Waals surface area (Å²) in [4.78, 5) is 15.8. The maximum absolute atomic E-state index is 13.9. The molecular weight excluding hydrogens is 420 g/mol. The third-order valence-electron chi connectivity index (χ3n) is 5.16. The first-order chi connectivity index (χ1) is 14.4. The van der Waals surface area contributed by atoms with Gasteiger partial charge in [0, 0.05) is 27.8 Å². The van der Waals surface area contributed by atoms with Crippen LogP contribution < -0.4 is 0 Å². The van der Waals surface area contributed by atoms with Gasteiger partial charge in [-0.2, -0.15) is 0 Å². The monoisotopic (exact) mass is 436 g/mol. The lowest BCUT2D eigenvalue weighted by molar-refractivity contribution is -0.137. The van der Waals surface area contributed by atoms with Crippen LogP contribution >= 0.6 is 11.3 Å². The molecule has 0 amide bonds. The van der Waals surface area contributed by atoms with Crippen LogP contribution in [0.15, 0.2) is 24.3 Å². The van der Waals surface area contributed by atoms with Gasteiger partial charge in [0.1, 0.15) is 37.4 Å². The van der Waals surface area contributed by atoms with Crippen LogP contribution in [0.3, 0.4) is 0 Å². The first-order valence-corrected chi connectivity index (χ1v) is 9.83. The van der Waals surface area contributed by atoms with Gasteiger partial charge in [0.2, 0.25) is 0 Å². The summed E-state index contributed by atoms with van der Waals surface area (Å²) >= 11 is 1.12. The zero-order chi connectivity index (χ0) is 21.6. The Balaban J connectivity index is 2.06. The quantitative estimate of drug-likeness (QED) is 0.385. The highest BCUT2D eigenvalue weighted by Gasteiger charge is 2.23. The van der Waals surface area contributed by atoms with Crippen LogP contribution in [0, 0.1) is 12.7 Å². The van der Waals surface area contributed by atoms with Crippen LogP contribution in [0.4, 0.5) is 17.6 Å². The Hall–Kier alpha value is -2.94. The standard InChI is InChI=1S/C21H16F4N2O2S/c1-10-18(14-3-2-13(25)5-16(14)27(10)9-17(28)29)21-26-19-15(8-24)11(6-22)4-12(7-23)20(19)30-21/h2-5H,6-9H2,1H3,(H,28,29).